The molecule has 0 atom stereocenters. The summed E-state index contributed by atoms with van der Waals surface area (Å²) in [6, 6.07) is 19.7. The number of amides is 1. The molecule has 3 aromatic carbocycles. The number of anilines is 1. The number of halogens is 1. The number of nitrogens with zero attached hydrogens (tertiary/aromatic N) is 2. The molecule has 168 valence electrons. The Balaban J connectivity index is 1.41. The molecule has 0 unspecified atom stereocenters. The summed E-state index contributed by atoms with van der Waals surface area (Å²) in [5, 5.41) is 3.24. The van der Waals surface area contributed by atoms with E-state index in [1.54, 1.807) is 54.0 Å². The van der Waals surface area contributed by atoms with Crippen molar-refractivity contribution in [2.24, 2.45) is 7.05 Å². The number of carbonyl (C=O) groups is 2. The molecule has 1 aromatic heterocycles. The van der Waals surface area contributed by atoms with E-state index in [0.29, 0.717) is 34.6 Å². The van der Waals surface area contributed by atoms with Crippen LogP contribution in [0.1, 0.15) is 23.1 Å². The fourth-order valence-corrected chi connectivity index (χ4v) is 3.63. The number of aromatic nitrogens is 2. The minimum absolute atomic E-state index is 0.147. The average molecular weight is 464 g/mol. The zero-order valence-corrected chi connectivity index (χ0v) is 18.9. The molecule has 1 heterocycles. The van der Waals surface area contributed by atoms with Gasteiger partial charge in [0.05, 0.1) is 29.1 Å². The number of carbonyl (C=O) groups excluding carboxylic acids is 2. The number of benzene rings is 3. The standard InChI is InChI=1S/C25H22ClN3O4/c1-3-32-23(30)15-16-8-13-22(19(26)14-16)33-18-11-9-17(10-12-18)27-25(31)24-28-20-6-4-5-7-21(20)29(24)2/h4-14H,3,15H2,1-2H3,(H,27,31). The minimum atomic E-state index is -0.307. The number of nitrogens with one attached hydrogen (secondary N) is 1. The molecule has 0 spiro atoms. The van der Waals surface area contributed by atoms with E-state index < -0.39 is 0 Å². The lowest BCUT2D eigenvalue weighted by Gasteiger charge is -2.10. The van der Waals surface area contributed by atoms with Gasteiger partial charge in [0.2, 0.25) is 0 Å². The van der Waals surface area contributed by atoms with Gasteiger partial charge in [-0.3, -0.25) is 9.59 Å². The van der Waals surface area contributed by atoms with Gasteiger partial charge in [-0.05, 0) is 61.0 Å². The Hall–Kier alpha value is -3.84. The molecule has 0 bridgehead atoms. The van der Waals surface area contributed by atoms with Gasteiger partial charge >= 0.3 is 5.97 Å². The first kappa shape index (κ1) is 22.4. The summed E-state index contributed by atoms with van der Waals surface area (Å²) in [6.07, 6.45) is 0.147. The summed E-state index contributed by atoms with van der Waals surface area (Å²) >= 11 is 6.31. The first-order chi connectivity index (χ1) is 15.9. The molecule has 8 heteroatoms. The molecule has 0 radical (unpaired) electrons. The minimum Gasteiger partial charge on any atom is -0.466 e. The van der Waals surface area contributed by atoms with Gasteiger partial charge in [0, 0.05) is 12.7 Å². The molecule has 0 saturated carbocycles. The van der Waals surface area contributed by atoms with Crippen molar-refractivity contribution >= 4 is 40.2 Å². The maximum Gasteiger partial charge on any atom is 0.310 e. The number of rotatable bonds is 7. The Morgan fingerprint density at radius 2 is 1.82 bits per heavy atom. The maximum atomic E-state index is 12.7. The number of esters is 1. The highest BCUT2D eigenvalue weighted by atomic mass is 35.5. The summed E-state index contributed by atoms with van der Waals surface area (Å²) in [6.45, 7) is 2.10. The van der Waals surface area contributed by atoms with E-state index in [-0.39, 0.29) is 18.3 Å². The second-order valence-electron chi connectivity index (χ2n) is 7.31. The highest BCUT2D eigenvalue weighted by molar-refractivity contribution is 6.32. The predicted octanol–water partition coefficient (Wildman–Crippen LogP) is 5.38. The van der Waals surface area contributed by atoms with E-state index in [2.05, 4.69) is 10.3 Å². The molecular weight excluding hydrogens is 442 g/mol. The number of ether oxygens (including phenoxy) is 2. The van der Waals surface area contributed by atoms with Crippen LogP contribution in [0.15, 0.2) is 66.7 Å². The monoisotopic (exact) mass is 463 g/mol. The van der Waals surface area contributed by atoms with Gasteiger partial charge in [0.25, 0.3) is 5.91 Å². The lowest BCUT2D eigenvalue weighted by molar-refractivity contribution is -0.142. The summed E-state index contributed by atoms with van der Waals surface area (Å²) in [4.78, 5) is 28.7. The van der Waals surface area contributed by atoms with E-state index in [9.17, 15) is 9.59 Å². The van der Waals surface area contributed by atoms with E-state index in [1.165, 1.54) is 0 Å². The summed E-state index contributed by atoms with van der Waals surface area (Å²) in [5.41, 5.74) is 3.00. The Kier molecular flexibility index (Phi) is 6.60. The van der Waals surface area contributed by atoms with Crippen LogP contribution in [0.4, 0.5) is 5.69 Å². The fraction of sp³-hybridized carbons (Fsp3) is 0.160. The molecule has 0 aliphatic heterocycles. The predicted molar refractivity (Wildman–Crippen MR) is 127 cm³/mol. The third-order valence-corrected chi connectivity index (χ3v) is 5.28. The zero-order valence-electron chi connectivity index (χ0n) is 18.2. The molecule has 0 aliphatic carbocycles. The number of hydrogen-bond acceptors (Lipinski definition) is 5. The zero-order chi connectivity index (χ0) is 23.4. The second kappa shape index (κ2) is 9.75. The molecule has 33 heavy (non-hydrogen) atoms. The van der Waals surface area contributed by atoms with Crippen LogP contribution in [0.25, 0.3) is 11.0 Å². The number of hydrogen-bond donors (Lipinski definition) is 1. The van der Waals surface area contributed by atoms with Gasteiger partial charge in [-0.2, -0.15) is 0 Å². The highest BCUT2D eigenvalue weighted by Gasteiger charge is 2.15. The Morgan fingerprint density at radius 3 is 2.52 bits per heavy atom. The summed E-state index contributed by atoms with van der Waals surface area (Å²) in [7, 11) is 1.81. The first-order valence-electron chi connectivity index (χ1n) is 10.4. The number of aryl methyl sites for hydroxylation is 1. The molecule has 7 nitrogen and oxygen atoms in total. The van der Waals surface area contributed by atoms with Crippen LogP contribution in [0.2, 0.25) is 5.02 Å². The van der Waals surface area contributed by atoms with Crippen molar-refractivity contribution in [3.05, 3.63) is 83.1 Å². The van der Waals surface area contributed by atoms with Crippen LogP contribution in [0, 0.1) is 0 Å². The first-order valence-corrected chi connectivity index (χ1v) is 10.8. The van der Waals surface area contributed by atoms with Crippen LogP contribution in [-0.2, 0) is 23.0 Å². The topological polar surface area (TPSA) is 82.4 Å². The Labute approximate surface area is 195 Å². The van der Waals surface area contributed by atoms with Gasteiger partial charge in [-0.15, -0.1) is 0 Å². The fourth-order valence-electron chi connectivity index (χ4n) is 3.38. The van der Waals surface area contributed by atoms with Crippen molar-refractivity contribution in [3.8, 4) is 11.5 Å². The van der Waals surface area contributed by atoms with Crippen LogP contribution in [-0.4, -0.2) is 28.0 Å². The van der Waals surface area contributed by atoms with E-state index in [1.807, 2.05) is 31.3 Å². The van der Waals surface area contributed by atoms with Crippen molar-refractivity contribution < 1.29 is 19.1 Å². The highest BCUT2D eigenvalue weighted by Crippen LogP contribution is 2.31. The Morgan fingerprint density at radius 1 is 1.06 bits per heavy atom. The normalized spacial score (nSPS) is 10.8. The largest absolute Gasteiger partial charge is 0.466 e. The molecule has 1 N–H and O–H groups in total. The third-order valence-electron chi connectivity index (χ3n) is 4.98. The lowest BCUT2D eigenvalue weighted by Crippen LogP contribution is -2.16. The van der Waals surface area contributed by atoms with E-state index in [0.717, 1.165) is 16.6 Å². The summed E-state index contributed by atoms with van der Waals surface area (Å²) < 4.78 is 12.6. The van der Waals surface area contributed by atoms with Gasteiger partial charge in [-0.25, -0.2) is 4.98 Å². The molecule has 0 aliphatic rings. The third kappa shape index (κ3) is 5.15. The van der Waals surface area contributed by atoms with Crippen LogP contribution in [0.5, 0.6) is 11.5 Å². The van der Waals surface area contributed by atoms with Gasteiger partial charge in [0.15, 0.2) is 5.82 Å². The van der Waals surface area contributed by atoms with Crippen molar-refractivity contribution in [1.29, 1.82) is 0 Å². The molecule has 4 aromatic rings. The molecule has 4 rings (SSSR count). The van der Waals surface area contributed by atoms with E-state index in [4.69, 9.17) is 21.1 Å². The van der Waals surface area contributed by atoms with Crippen LogP contribution < -0.4 is 10.1 Å². The summed E-state index contributed by atoms with van der Waals surface area (Å²) in [5.74, 6) is 0.726. The number of fused-ring (bicyclic) bond motifs is 1. The van der Waals surface area contributed by atoms with Crippen LogP contribution >= 0.6 is 11.6 Å². The van der Waals surface area contributed by atoms with Crippen molar-refractivity contribution in [3.63, 3.8) is 0 Å². The van der Waals surface area contributed by atoms with Gasteiger partial charge < -0.3 is 19.4 Å². The SMILES string of the molecule is CCOC(=O)Cc1ccc(Oc2ccc(NC(=O)c3nc4ccccc4n3C)cc2)c(Cl)c1. The van der Waals surface area contributed by atoms with Crippen molar-refractivity contribution in [1.82, 2.24) is 9.55 Å². The lowest BCUT2D eigenvalue weighted by atomic mass is 10.1. The van der Waals surface area contributed by atoms with E-state index >= 15 is 0 Å². The van der Waals surface area contributed by atoms with Crippen LogP contribution in [0.3, 0.4) is 0 Å². The van der Waals surface area contributed by atoms with Gasteiger partial charge in [0.1, 0.15) is 11.5 Å². The number of para-hydroxylation sites is 2. The molecule has 1 amide bonds. The average Bonchev–Trinajstić information content (AvgIpc) is 3.14. The smallest absolute Gasteiger partial charge is 0.310 e. The van der Waals surface area contributed by atoms with Gasteiger partial charge in [-0.1, -0.05) is 29.8 Å². The number of imidazole rings is 1. The quantitative estimate of drug-likeness (QED) is 0.372. The molecule has 0 saturated heterocycles. The molecule has 0 fully saturated rings. The van der Waals surface area contributed by atoms with Crippen molar-refractivity contribution in [2.45, 2.75) is 13.3 Å². The molecular formula is C25H22ClN3O4. The Bertz CT molecular complexity index is 1320. The van der Waals surface area contributed by atoms with Crippen molar-refractivity contribution in [2.75, 3.05) is 11.9 Å². The maximum absolute atomic E-state index is 12.7. The second-order valence-corrected chi connectivity index (χ2v) is 7.72.